The number of halogens is 5. The minimum absolute atomic E-state index is 0.817. The third-order valence-corrected chi connectivity index (χ3v) is 3.64. The van der Waals surface area contributed by atoms with Crippen LogP contribution in [0.25, 0.3) is 0 Å². The van der Waals surface area contributed by atoms with Crippen molar-refractivity contribution in [3.8, 4) is 0 Å². The zero-order chi connectivity index (χ0) is 15.6. The number of amides is 1. The van der Waals surface area contributed by atoms with Crippen LogP contribution in [0, 0.1) is 5.82 Å². The Kier molecular flexibility index (Phi) is 4.99. The predicted octanol–water partition coefficient (Wildman–Crippen LogP) is 2.10. The number of primary amides is 1. The van der Waals surface area contributed by atoms with Crippen molar-refractivity contribution >= 4 is 17.5 Å². The molecule has 1 aromatic carbocycles. The summed E-state index contributed by atoms with van der Waals surface area (Å²) in [5.74, 6) is -2.62. The maximum Gasteiger partial charge on any atom is 0.400 e. The van der Waals surface area contributed by atoms with E-state index >= 15 is 0 Å². The molecule has 0 heterocycles. The Morgan fingerprint density at radius 3 is 2.30 bits per heavy atom. The number of carbonyl (C=O) groups excluding carboxylic acids is 1. The van der Waals surface area contributed by atoms with E-state index in [0.717, 1.165) is 12.1 Å². The summed E-state index contributed by atoms with van der Waals surface area (Å²) in [5.41, 5.74) is 0.960. The number of carbonyl (C=O) groups is 1. The molecule has 3 nitrogen and oxygen atoms in total. The molecule has 1 rings (SSSR count). The average molecular weight is 314 g/mol. The van der Waals surface area contributed by atoms with E-state index < -0.39 is 47.3 Å². The van der Waals surface area contributed by atoms with Gasteiger partial charge in [-0.15, -0.1) is 11.6 Å². The summed E-state index contributed by atoms with van der Waals surface area (Å²) in [4.78, 5) is 11.1. The summed E-state index contributed by atoms with van der Waals surface area (Å²) in [7, 11) is 0. The highest BCUT2D eigenvalue weighted by Crippen LogP contribution is 2.49. The fourth-order valence-electron chi connectivity index (χ4n) is 2.08. The molecule has 0 fully saturated rings. The quantitative estimate of drug-likeness (QED) is 0.646. The number of aliphatic hydroxyl groups is 1. The summed E-state index contributed by atoms with van der Waals surface area (Å²) in [5, 5.41) is 6.67. The molecule has 0 spiro atoms. The molecule has 2 unspecified atom stereocenters. The van der Waals surface area contributed by atoms with Gasteiger partial charge in [0.15, 0.2) is 0 Å². The second-order valence-corrected chi connectivity index (χ2v) is 4.62. The van der Waals surface area contributed by atoms with Crippen LogP contribution < -0.4 is 5.73 Å². The second-order valence-electron chi connectivity index (χ2n) is 4.19. The fourth-order valence-corrected chi connectivity index (χ4v) is 2.43. The van der Waals surface area contributed by atoms with Crippen molar-refractivity contribution in [1.82, 2.24) is 0 Å². The monoisotopic (exact) mass is 313 g/mol. The standard InChI is InChI=1S/C12H12ClF4NO2/c13-9(10(18)20)11(5-6-19,12(15,16)17)7-3-1-2-4-8(7)14/h1-4,9,19H,5-6H2,(H2,18,20). The summed E-state index contributed by atoms with van der Waals surface area (Å²) >= 11 is 5.54. The van der Waals surface area contributed by atoms with Crippen LogP contribution >= 0.6 is 11.6 Å². The van der Waals surface area contributed by atoms with Crippen LogP contribution in [0.4, 0.5) is 17.6 Å². The maximum absolute atomic E-state index is 13.8. The molecular formula is C12H12ClF4NO2. The molecule has 0 aliphatic heterocycles. The van der Waals surface area contributed by atoms with Crippen LogP contribution in [0.15, 0.2) is 24.3 Å². The summed E-state index contributed by atoms with van der Waals surface area (Å²) in [6.07, 6.45) is -6.05. The first-order valence-electron chi connectivity index (χ1n) is 5.54. The van der Waals surface area contributed by atoms with Crippen LogP contribution in [0.3, 0.4) is 0 Å². The van der Waals surface area contributed by atoms with Gasteiger partial charge in [-0.3, -0.25) is 4.79 Å². The lowest BCUT2D eigenvalue weighted by Gasteiger charge is -2.38. The SMILES string of the molecule is NC(=O)C(Cl)C(CCO)(c1ccccc1F)C(F)(F)F. The molecule has 2 atom stereocenters. The average Bonchev–Trinajstić information content (AvgIpc) is 2.34. The number of benzene rings is 1. The number of aliphatic hydroxyl groups excluding tert-OH is 1. The van der Waals surface area contributed by atoms with Gasteiger partial charge in [0.2, 0.25) is 5.91 Å². The highest BCUT2D eigenvalue weighted by Gasteiger charge is 2.62. The Morgan fingerprint density at radius 1 is 1.35 bits per heavy atom. The predicted molar refractivity (Wildman–Crippen MR) is 64.7 cm³/mol. The molecular weight excluding hydrogens is 302 g/mol. The second kappa shape index (κ2) is 5.97. The van der Waals surface area contributed by atoms with E-state index in [4.69, 9.17) is 22.4 Å². The minimum Gasteiger partial charge on any atom is -0.396 e. The minimum atomic E-state index is -5.07. The van der Waals surface area contributed by atoms with Crippen molar-refractivity contribution in [2.75, 3.05) is 6.61 Å². The zero-order valence-corrected chi connectivity index (χ0v) is 10.9. The first-order valence-corrected chi connectivity index (χ1v) is 5.98. The maximum atomic E-state index is 13.8. The van der Waals surface area contributed by atoms with E-state index in [9.17, 15) is 22.4 Å². The topological polar surface area (TPSA) is 63.3 Å². The molecule has 0 saturated carbocycles. The van der Waals surface area contributed by atoms with Gasteiger partial charge in [0, 0.05) is 12.2 Å². The molecule has 1 aromatic rings. The van der Waals surface area contributed by atoms with Gasteiger partial charge in [-0.1, -0.05) is 18.2 Å². The molecule has 8 heteroatoms. The number of alkyl halides is 4. The van der Waals surface area contributed by atoms with Gasteiger partial charge < -0.3 is 10.8 Å². The van der Waals surface area contributed by atoms with E-state index in [1.54, 1.807) is 0 Å². The first-order chi connectivity index (χ1) is 9.18. The van der Waals surface area contributed by atoms with E-state index in [1.807, 2.05) is 0 Å². The fraction of sp³-hybridized carbons (Fsp3) is 0.417. The molecule has 0 aliphatic carbocycles. The lowest BCUT2D eigenvalue weighted by Crippen LogP contribution is -2.55. The molecule has 0 aromatic heterocycles. The van der Waals surface area contributed by atoms with Gasteiger partial charge in [0.05, 0.1) is 0 Å². The van der Waals surface area contributed by atoms with Crippen molar-refractivity contribution in [2.45, 2.75) is 23.4 Å². The Bertz CT molecular complexity index is 495. The zero-order valence-electron chi connectivity index (χ0n) is 10.1. The number of hydrogen-bond donors (Lipinski definition) is 2. The Labute approximate surface area is 117 Å². The molecule has 112 valence electrons. The van der Waals surface area contributed by atoms with Crippen molar-refractivity contribution in [2.24, 2.45) is 5.73 Å². The Morgan fingerprint density at radius 2 is 1.90 bits per heavy atom. The highest BCUT2D eigenvalue weighted by molar-refractivity contribution is 6.31. The third-order valence-electron chi connectivity index (χ3n) is 3.05. The number of rotatable bonds is 5. The van der Waals surface area contributed by atoms with E-state index in [1.165, 1.54) is 12.1 Å². The van der Waals surface area contributed by atoms with Gasteiger partial charge in [-0.05, 0) is 12.5 Å². The van der Waals surface area contributed by atoms with Crippen LogP contribution in [-0.4, -0.2) is 29.2 Å². The third kappa shape index (κ3) is 2.73. The van der Waals surface area contributed by atoms with Gasteiger partial charge >= 0.3 is 6.18 Å². The number of hydrogen-bond acceptors (Lipinski definition) is 2. The smallest absolute Gasteiger partial charge is 0.396 e. The Balaban J connectivity index is 3.62. The normalized spacial score (nSPS) is 16.5. The molecule has 1 amide bonds. The number of nitrogens with two attached hydrogens (primary N) is 1. The molecule has 0 saturated heterocycles. The summed E-state index contributed by atoms with van der Waals surface area (Å²) in [6, 6.07) is 4.07. The van der Waals surface area contributed by atoms with Gasteiger partial charge in [-0.2, -0.15) is 13.2 Å². The van der Waals surface area contributed by atoms with Crippen LogP contribution in [0.5, 0.6) is 0 Å². The highest BCUT2D eigenvalue weighted by atomic mass is 35.5. The van der Waals surface area contributed by atoms with Gasteiger partial charge in [-0.25, -0.2) is 4.39 Å². The van der Waals surface area contributed by atoms with Crippen LogP contribution in [0.2, 0.25) is 0 Å². The van der Waals surface area contributed by atoms with Gasteiger partial charge in [0.1, 0.15) is 16.6 Å². The molecule has 0 bridgehead atoms. The van der Waals surface area contributed by atoms with Crippen molar-refractivity contribution < 1.29 is 27.5 Å². The van der Waals surface area contributed by atoms with Gasteiger partial charge in [0.25, 0.3) is 0 Å². The van der Waals surface area contributed by atoms with E-state index in [2.05, 4.69) is 0 Å². The summed E-state index contributed by atoms with van der Waals surface area (Å²) < 4.78 is 54.2. The molecule has 3 N–H and O–H groups in total. The van der Waals surface area contributed by atoms with Crippen LogP contribution in [0.1, 0.15) is 12.0 Å². The van der Waals surface area contributed by atoms with Crippen molar-refractivity contribution in [1.29, 1.82) is 0 Å². The lowest BCUT2D eigenvalue weighted by molar-refractivity contribution is -0.197. The molecule has 0 aliphatic rings. The lowest BCUT2D eigenvalue weighted by atomic mass is 9.73. The Hall–Kier alpha value is -1.34. The van der Waals surface area contributed by atoms with Crippen LogP contribution in [-0.2, 0) is 10.2 Å². The van der Waals surface area contributed by atoms with E-state index in [0.29, 0.717) is 0 Å². The van der Waals surface area contributed by atoms with E-state index in [-0.39, 0.29) is 0 Å². The molecule has 20 heavy (non-hydrogen) atoms. The first kappa shape index (κ1) is 16.7. The summed E-state index contributed by atoms with van der Waals surface area (Å²) in [6.45, 7) is -0.940. The van der Waals surface area contributed by atoms with Crippen molar-refractivity contribution in [3.63, 3.8) is 0 Å². The van der Waals surface area contributed by atoms with Crippen molar-refractivity contribution in [3.05, 3.63) is 35.6 Å². The largest absolute Gasteiger partial charge is 0.400 e. The molecule has 0 radical (unpaired) electrons.